The van der Waals surface area contributed by atoms with Gasteiger partial charge in [0, 0.05) is 4.88 Å². The number of hydrogen-bond acceptors (Lipinski definition) is 6. The van der Waals surface area contributed by atoms with Crippen molar-refractivity contribution >= 4 is 57.6 Å². The van der Waals surface area contributed by atoms with Crippen molar-refractivity contribution in [3.05, 3.63) is 27.3 Å². The van der Waals surface area contributed by atoms with Crippen LogP contribution in [-0.2, 0) is 9.59 Å². The summed E-state index contributed by atoms with van der Waals surface area (Å²) in [6.07, 6.45) is 1.99. The van der Waals surface area contributed by atoms with Gasteiger partial charge in [-0.3, -0.25) is 9.69 Å². The fourth-order valence-corrected chi connectivity index (χ4v) is 3.79. The molecule has 1 aromatic heterocycles. The maximum atomic E-state index is 12.2. The Morgan fingerprint density at radius 3 is 2.89 bits per heavy atom. The lowest BCUT2D eigenvalue weighted by Gasteiger charge is -2.26. The largest absolute Gasteiger partial charge is 0.548 e. The molecule has 19 heavy (non-hydrogen) atoms. The van der Waals surface area contributed by atoms with E-state index in [1.54, 1.807) is 13.0 Å². The molecule has 0 unspecified atom stereocenters. The number of nitrogens with zero attached hydrogens (tertiary/aromatic N) is 1. The van der Waals surface area contributed by atoms with E-state index in [2.05, 4.69) is 0 Å². The third-order valence-corrected chi connectivity index (χ3v) is 4.76. The number of carboxylic acids is 1. The van der Waals surface area contributed by atoms with Gasteiger partial charge in [0.25, 0.3) is 5.91 Å². The number of thiophene rings is 1. The number of aliphatic carboxylic acids is 1. The van der Waals surface area contributed by atoms with E-state index in [1.807, 2.05) is 17.5 Å². The molecule has 1 aromatic rings. The summed E-state index contributed by atoms with van der Waals surface area (Å²) in [7, 11) is 0. The molecule has 7 heteroatoms. The lowest BCUT2D eigenvalue weighted by Crippen LogP contribution is -2.49. The molecule has 0 saturated carbocycles. The van der Waals surface area contributed by atoms with Crippen LogP contribution in [0.3, 0.4) is 0 Å². The zero-order chi connectivity index (χ0) is 14.0. The molecule has 1 amide bonds. The Hall–Kier alpha value is -1.18. The third kappa shape index (κ3) is 2.88. The second-order valence-electron chi connectivity index (χ2n) is 3.81. The highest BCUT2D eigenvalue weighted by Crippen LogP contribution is 2.34. The van der Waals surface area contributed by atoms with Gasteiger partial charge >= 0.3 is 0 Å². The van der Waals surface area contributed by atoms with Gasteiger partial charge < -0.3 is 9.90 Å². The van der Waals surface area contributed by atoms with Crippen molar-refractivity contribution in [3.63, 3.8) is 0 Å². The molecule has 0 bridgehead atoms. The molecule has 1 atom stereocenters. The number of hydrogen-bond donors (Lipinski definition) is 0. The molecule has 1 saturated heterocycles. The SMILES string of the molecule is CC[C@H](C(=O)[O-])N1C(=O)/C(=C/c2cccs2)SC1=S. The maximum absolute atomic E-state index is 12.2. The summed E-state index contributed by atoms with van der Waals surface area (Å²) in [5.41, 5.74) is 0. The van der Waals surface area contributed by atoms with E-state index in [9.17, 15) is 14.7 Å². The van der Waals surface area contributed by atoms with Crippen LogP contribution in [0.5, 0.6) is 0 Å². The first kappa shape index (κ1) is 14.2. The van der Waals surface area contributed by atoms with E-state index < -0.39 is 12.0 Å². The number of thioether (sulfide) groups is 1. The summed E-state index contributed by atoms with van der Waals surface area (Å²) in [5, 5.41) is 12.9. The molecule has 0 spiro atoms. The van der Waals surface area contributed by atoms with Gasteiger partial charge in [-0.25, -0.2) is 0 Å². The van der Waals surface area contributed by atoms with Crippen LogP contribution >= 0.6 is 35.3 Å². The number of carbonyl (C=O) groups is 2. The first-order chi connectivity index (χ1) is 9.04. The summed E-state index contributed by atoms with van der Waals surface area (Å²) in [5.74, 6) is -1.64. The van der Waals surface area contributed by atoms with E-state index in [4.69, 9.17) is 12.2 Å². The average Bonchev–Trinajstić information content (AvgIpc) is 2.94. The van der Waals surface area contributed by atoms with Crippen LogP contribution in [0.2, 0.25) is 0 Å². The minimum absolute atomic E-state index is 0.265. The van der Waals surface area contributed by atoms with Crippen LogP contribution in [0.4, 0.5) is 0 Å². The number of rotatable bonds is 4. The second-order valence-corrected chi connectivity index (χ2v) is 6.47. The monoisotopic (exact) mass is 312 g/mol. The minimum Gasteiger partial charge on any atom is -0.548 e. The Bertz CT molecular complexity index is 551. The third-order valence-electron chi connectivity index (χ3n) is 2.61. The van der Waals surface area contributed by atoms with Crippen molar-refractivity contribution in [3.8, 4) is 0 Å². The molecular weight excluding hydrogens is 302 g/mol. The van der Waals surface area contributed by atoms with Gasteiger partial charge in [0.05, 0.1) is 16.9 Å². The Balaban J connectivity index is 2.28. The minimum atomic E-state index is -1.28. The highest BCUT2D eigenvalue weighted by molar-refractivity contribution is 8.26. The molecule has 1 aliphatic rings. The van der Waals surface area contributed by atoms with E-state index in [1.165, 1.54) is 11.3 Å². The maximum Gasteiger partial charge on any atom is 0.266 e. The average molecular weight is 312 g/mol. The molecule has 0 aliphatic carbocycles. The van der Waals surface area contributed by atoms with Crippen LogP contribution in [0.25, 0.3) is 6.08 Å². The normalized spacial score (nSPS) is 19.2. The number of carboxylic acid groups (broad SMARTS) is 1. The topological polar surface area (TPSA) is 60.4 Å². The van der Waals surface area contributed by atoms with E-state index in [0.717, 1.165) is 21.5 Å². The summed E-state index contributed by atoms with van der Waals surface area (Å²) < 4.78 is 0.267. The Kier molecular flexibility index (Phi) is 4.38. The van der Waals surface area contributed by atoms with E-state index >= 15 is 0 Å². The summed E-state index contributed by atoms with van der Waals surface area (Å²) in [4.78, 5) is 25.8. The van der Waals surface area contributed by atoms with Crippen molar-refractivity contribution in [1.82, 2.24) is 4.90 Å². The van der Waals surface area contributed by atoms with Gasteiger partial charge in [-0.05, 0) is 23.9 Å². The van der Waals surface area contributed by atoms with E-state index in [0.29, 0.717) is 4.91 Å². The molecule has 1 fully saturated rings. The van der Waals surface area contributed by atoms with Gasteiger partial charge in [0.2, 0.25) is 0 Å². The summed E-state index contributed by atoms with van der Waals surface area (Å²) in [6.45, 7) is 1.68. The lowest BCUT2D eigenvalue weighted by atomic mass is 10.2. The number of carbonyl (C=O) groups excluding carboxylic acids is 2. The molecule has 0 aromatic carbocycles. The first-order valence-corrected chi connectivity index (χ1v) is 7.66. The van der Waals surface area contributed by atoms with Gasteiger partial charge in [-0.2, -0.15) is 0 Å². The fourth-order valence-electron chi connectivity index (χ4n) is 1.71. The molecular formula is C12H10NO3S3-. The van der Waals surface area contributed by atoms with Crippen molar-refractivity contribution < 1.29 is 14.7 Å². The highest BCUT2D eigenvalue weighted by atomic mass is 32.2. The van der Waals surface area contributed by atoms with E-state index in [-0.39, 0.29) is 16.6 Å². The number of amides is 1. The van der Waals surface area contributed by atoms with Gasteiger partial charge in [0.1, 0.15) is 4.32 Å². The van der Waals surface area contributed by atoms with Gasteiger partial charge in [0.15, 0.2) is 0 Å². The standard InChI is InChI=1S/C12H11NO3S3/c1-2-8(11(15)16)13-10(14)9(19-12(13)17)6-7-4-3-5-18-7/h3-6,8H,2H2,1H3,(H,15,16)/p-1/b9-6-/t8-/m1/s1. The predicted octanol–water partition coefficient (Wildman–Crippen LogP) is 1.48. The Morgan fingerprint density at radius 2 is 2.37 bits per heavy atom. The quantitative estimate of drug-likeness (QED) is 0.622. The van der Waals surface area contributed by atoms with Gasteiger partial charge in [-0.1, -0.05) is 37.0 Å². The molecule has 100 valence electrons. The summed E-state index contributed by atoms with van der Waals surface area (Å²) >= 11 is 7.72. The zero-order valence-electron chi connectivity index (χ0n) is 9.99. The smallest absolute Gasteiger partial charge is 0.266 e. The zero-order valence-corrected chi connectivity index (χ0v) is 12.4. The van der Waals surface area contributed by atoms with Crippen molar-refractivity contribution in [2.45, 2.75) is 19.4 Å². The van der Waals surface area contributed by atoms with Crippen molar-refractivity contribution in [2.24, 2.45) is 0 Å². The second kappa shape index (κ2) is 5.85. The summed E-state index contributed by atoms with van der Waals surface area (Å²) in [6, 6.07) is 2.77. The van der Waals surface area contributed by atoms with Gasteiger partial charge in [-0.15, -0.1) is 11.3 Å². The van der Waals surface area contributed by atoms with Crippen LogP contribution in [-0.4, -0.2) is 27.1 Å². The lowest BCUT2D eigenvalue weighted by molar-refractivity contribution is -0.310. The predicted molar refractivity (Wildman–Crippen MR) is 78.4 cm³/mol. The first-order valence-electron chi connectivity index (χ1n) is 5.56. The molecule has 1 aliphatic heterocycles. The fraction of sp³-hybridized carbons (Fsp3) is 0.250. The Labute approximate surface area is 124 Å². The van der Waals surface area contributed by atoms with Crippen LogP contribution < -0.4 is 5.11 Å². The molecule has 2 rings (SSSR count). The van der Waals surface area contributed by atoms with Crippen molar-refractivity contribution in [1.29, 1.82) is 0 Å². The molecule has 0 N–H and O–H groups in total. The highest BCUT2D eigenvalue weighted by Gasteiger charge is 2.36. The molecule has 0 radical (unpaired) electrons. The van der Waals surface area contributed by atoms with Crippen LogP contribution in [0, 0.1) is 0 Å². The van der Waals surface area contributed by atoms with Crippen LogP contribution in [0.1, 0.15) is 18.2 Å². The number of thiocarbonyl (C=S) groups is 1. The van der Waals surface area contributed by atoms with Crippen LogP contribution in [0.15, 0.2) is 22.4 Å². The molecule has 2 heterocycles. The Morgan fingerprint density at radius 1 is 1.63 bits per heavy atom. The van der Waals surface area contributed by atoms with Crippen molar-refractivity contribution in [2.75, 3.05) is 0 Å². The molecule has 4 nitrogen and oxygen atoms in total.